The fourth-order valence-corrected chi connectivity index (χ4v) is 3.96. The Hall–Kier alpha value is -0.920. The highest BCUT2D eigenvalue weighted by molar-refractivity contribution is 9.10. The number of nitrogens with two attached hydrogens (primary N) is 1. The lowest BCUT2D eigenvalue weighted by atomic mass is 9.85. The van der Waals surface area contributed by atoms with Crippen molar-refractivity contribution in [2.75, 3.05) is 13.6 Å². The van der Waals surface area contributed by atoms with Gasteiger partial charge in [0.2, 0.25) is 10.0 Å². The van der Waals surface area contributed by atoms with Gasteiger partial charge in [-0.3, -0.25) is 4.79 Å². The topological polar surface area (TPSA) is 80.5 Å². The fourth-order valence-electron chi connectivity index (χ4n) is 2.52. The minimum absolute atomic E-state index is 0.0164. The van der Waals surface area contributed by atoms with Crippen LogP contribution >= 0.6 is 15.9 Å². The Labute approximate surface area is 133 Å². The number of hydrogen-bond donors (Lipinski definition) is 1. The number of nitrogens with zero attached hydrogens (tertiary/aromatic N) is 1. The monoisotopic (exact) mass is 374 g/mol. The zero-order chi connectivity index (χ0) is 15.8. The molecule has 1 amide bonds. The van der Waals surface area contributed by atoms with E-state index in [0.29, 0.717) is 28.1 Å². The second-order valence-corrected chi connectivity index (χ2v) is 8.05. The third-order valence-electron chi connectivity index (χ3n) is 3.97. The van der Waals surface area contributed by atoms with Gasteiger partial charge in [0.05, 0.1) is 4.90 Å². The summed E-state index contributed by atoms with van der Waals surface area (Å²) in [5, 5.41) is 5.21. The largest absolute Gasteiger partial charge is 0.341 e. The van der Waals surface area contributed by atoms with E-state index in [1.807, 2.05) is 0 Å². The number of rotatable bonds is 4. The first kappa shape index (κ1) is 16.5. The molecule has 1 aromatic carbocycles. The zero-order valence-electron chi connectivity index (χ0n) is 12.1. The molecule has 1 fully saturated rings. The number of carbonyl (C=O) groups is 1. The molecule has 1 aromatic rings. The van der Waals surface area contributed by atoms with Crippen molar-refractivity contribution in [3.05, 3.63) is 27.7 Å². The first-order valence-electron chi connectivity index (χ1n) is 6.78. The van der Waals surface area contributed by atoms with E-state index in [1.165, 1.54) is 12.5 Å². The number of hydrogen-bond acceptors (Lipinski definition) is 3. The summed E-state index contributed by atoms with van der Waals surface area (Å²) >= 11 is 3.24. The van der Waals surface area contributed by atoms with E-state index >= 15 is 0 Å². The van der Waals surface area contributed by atoms with Crippen LogP contribution in [0.15, 0.2) is 21.5 Å². The number of primary sulfonamides is 1. The maximum Gasteiger partial charge on any atom is 0.253 e. The number of benzene rings is 1. The van der Waals surface area contributed by atoms with Crippen LogP contribution in [-0.4, -0.2) is 32.8 Å². The predicted octanol–water partition coefficient (Wildman–Crippen LogP) is 2.28. The Morgan fingerprint density at radius 3 is 2.52 bits per heavy atom. The van der Waals surface area contributed by atoms with Crippen LogP contribution in [0, 0.1) is 12.8 Å². The van der Waals surface area contributed by atoms with Gasteiger partial charge in [-0.05, 0) is 43.4 Å². The van der Waals surface area contributed by atoms with Gasteiger partial charge in [0, 0.05) is 23.6 Å². The summed E-state index contributed by atoms with van der Waals surface area (Å²) in [5.74, 6) is 0.384. The van der Waals surface area contributed by atoms with Crippen molar-refractivity contribution in [3.63, 3.8) is 0 Å². The number of carbonyl (C=O) groups excluding carboxylic acids is 1. The number of sulfonamides is 1. The van der Waals surface area contributed by atoms with Gasteiger partial charge >= 0.3 is 0 Å². The Bertz CT molecular complexity index is 669. The van der Waals surface area contributed by atoms with Gasteiger partial charge < -0.3 is 4.90 Å². The molecule has 0 spiro atoms. The summed E-state index contributed by atoms with van der Waals surface area (Å²) < 4.78 is 23.8. The lowest BCUT2D eigenvalue weighted by molar-refractivity contribution is 0.0744. The van der Waals surface area contributed by atoms with Crippen molar-refractivity contribution in [2.45, 2.75) is 31.1 Å². The molecular formula is C14H19BrN2O3S. The third kappa shape index (κ3) is 3.64. The summed E-state index contributed by atoms with van der Waals surface area (Å²) in [5.41, 5.74) is 0.765. The molecule has 7 heteroatoms. The number of halogens is 1. The molecular weight excluding hydrogens is 356 g/mol. The van der Waals surface area contributed by atoms with Gasteiger partial charge in [0.1, 0.15) is 0 Å². The summed E-state index contributed by atoms with van der Waals surface area (Å²) in [4.78, 5) is 14.2. The molecule has 116 valence electrons. The quantitative estimate of drug-likeness (QED) is 0.877. The first-order valence-corrected chi connectivity index (χ1v) is 9.12. The molecule has 2 rings (SSSR count). The van der Waals surface area contributed by atoms with Crippen LogP contribution in [0.2, 0.25) is 0 Å². The van der Waals surface area contributed by atoms with Gasteiger partial charge in [0.15, 0.2) is 0 Å². The van der Waals surface area contributed by atoms with Crippen LogP contribution < -0.4 is 5.14 Å². The first-order chi connectivity index (χ1) is 9.70. The predicted molar refractivity (Wildman–Crippen MR) is 84.6 cm³/mol. The molecule has 0 heterocycles. The summed E-state index contributed by atoms with van der Waals surface area (Å²) in [7, 11) is -2.11. The molecule has 1 aliphatic rings. The minimum Gasteiger partial charge on any atom is -0.341 e. The Kier molecular flexibility index (Phi) is 4.75. The normalized spacial score (nSPS) is 15.6. The fraction of sp³-hybridized carbons (Fsp3) is 0.500. The summed E-state index contributed by atoms with van der Waals surface area (Å²) in [6.07, 6.45) is 3.52. The molecule has 21 heavy (non-hydrogen) atoms. The molecule has 0 radical (unpaired) electrons. The van der Waals surface area contributed by atoms with Crippen molar-refractivity contribution in [3.8, 4) is 0 Å². The molecule has 0 aliphatic heterocycles. The van der Waals surface area contributed by atoms with Crippen molar-refractivity contribution in [1.29, 1.82) is 0 Å². The standard InChI is InChI=1S/C14H19BrN2O3S/c1-9-12(6-11(15)7-13(9)21(16,19)20)14(18)17(2)8-10-4-3-5-10/h6-7,10H,3-5,8H2,1-2H3,(H2,16,19,20). The van der Waals surface area contributed by atoms with Crippen LogP contribution in [0.5, 0.6) is 0 Å². The maximum absolute atomic E-state index is 12.5. The van der Waals surface area contributed by atoms with Gasteiger partial charge in [-0.2, -0.15) is 0 Å². The summed E-state index contributed by atoms with van der Waals surface area (Å²) in [6.45, 7) is 2.31. The van der Waals surface area contributed by atoms with Crippen LogP contribution in [-0.2, 0) is 10.0 Å². The molecule has 0 atom stereocenters. The highest BCUT2D eigenvalue weighted by Crippen LogP contribution is 2.28. The van der Waals surface area contributed by atoms with E-state index < -0.39 is 10.0 Å². The molecule has 0 saturated heterocycles. The molecule has 1 saturated carbocycles. The molecule has 0 unspecified atom stereocenters. The number of amides is 1. The van der Waals surface area contributed by atoms with E-state index in [9.17, 15) is 13.2 Å². The van der Waals surface area contributed by atoms with E-state index in [1.54, 1.807) is 24.9 Å². The van der Waals surface area contributed by atoms with Crippen LogP contribution in [0.1, 0.15) is 35.2 Å². The third-order valence-corrected chi connectivity index (χ3v) is 5.46. The smallest absolute Gasteiger partial charge is 0.253 e. The minimum atomic E-state index is -3.85. The van der Waals surface area contributed by atoms with Gasteiger partial charge in [-0.1, -0.05) is 22.4 Å². The average Bonchev–Trinajstić information content (AvgIpc) is 2.33. The van der Waals surface area contributed by atoms with E-state index in [-0.39, 0.29) is 10.8 Å². The van der Waals surface area contributed by atoms with Crippen LogP contribution in [0.25, 0.3) is 0 Å². The average molecular weight is 375 g/mol. The van der Waals surface area contributed by atoms with Gasteiger partial charge in [-0.25, -0.2) is 13.6 Å². The van der Waals surface area contributed by atoms with Crippen molar-refractivity contribution in [1.82, 2.24) is 4.90 Å². The summed E-state index contributed by atoms with van der Waals surface area (Å²) in [6, 6.07) is 3.07. The molecule has 5 nitrogen and oxygen atoms in total. The molecule has 1 aliphatic carbocycles. The second kappa shape index (κ2) is 6.06. The van der Waals surface area contributed by atoms with Crippen molar-refractivity contribution < 1.29 is 13.2 Å². The Morgan fingerprint density at radius 1 is 1.43 bits per heavy atom. The molecule has 0 bridgehead atoms. The Morgan fingerprint density at radius 2 is 2.05 bits per heavy atom. The Balaban J connectivity index is 2.34. The lowest BCUT2D eigenvalue weighted by Gasteiger charge is -2.30. The van der Waals surface area contributed by atoms with E-state index in [0.717, 1.165) is 12.8 Å². The van der Waals surface area contributed by atoms with Gasteiger partial charge in [0.25, 0.3) is 5.91 Å². The molecule has 0 aromatic heterocycles. The van der Waals surface area contributed by atoms with Gasteiger partial charge in [-0.15, -0.1) is 0 Å². The zero-order valence-corrected chi connectivity index (χ0v) is 14.5. The highest BCUT2D eigenvalue weighted by Gasteiger charge is 2.25. The van der Waals surface area contributed by atoms with Crippen LogP contribution in [0.4, 0.5) is 0 Å². The van der Waals surface area contributed by atoms with E-state index in [4.69, 9.17) is 5.14 Å². The SMILES string of the molecule is Cc1c(C(=O)N(C)CC2CCC2)cc(Br)cc1S(N)(=O)=O. The van der Waals surface area contributed by atoms with Crippen LogP contribution in [0.3, 0.4) is 0 Å². The van der Waals surface area contributed by atoms with Crippen molar-refractivity contribution in [2.24, 2.45) is 11.1 Å². The maximum atomic E-state index is 12.5. The van der Waals surface area contributed by atoms with E-state index in [2.05, 4.69) is 15.9 Å². The second-order valence-electron chi connectivity index (χ2n) is 5.60. The highest BCUT2D eigenvalue weighted by atomic mass is 79.9. The lowest BCUT2D eigenvalue weighted by Crippen LogP contribution is -2.34. The van der Waals surface area contributed by atoms with Crippen molar-refractivity contribution >= 4 is 31.9 Å². The molecule has 2 N–H and O–H groups in total.